The van der Waals surface area contributed by atoms with Gasteiger partial charge in [0.05, 0.1) is 27.8 Å². The SMILES string of the molecule is CC(=O)O[C@H]1[C@H](OC(=O)c2cc(O)c(O)c(O)c2)[C@H]2OC(=O)c3cc(O)c(O)c(O)c3Oc3cc4c(c(O)c3O)-c3c(cc(O)c(O)c3O)C(=O)O[C@H]3[C@H](OC(=O)c5cc(O)c(O)c(O)c5)[C@@H](OC(=O)c5cc(O)c(O)c(O)c5Oc5ccc(c(O)c5O)-c5c(cc(Oc6c(C(=O)O)cc(O)c(O)c6O)c(O)c5O)C(=O)OC[C@H]1O[C@H]2O)[C@@H](O)O[C@@H]3COC4=O. The van der Waals surface area contributed by atoms with E-state index in [0.717, 1.165) is 0 Å². The third kappa shape index (κ3) is 15.2. The molecule has 9 aromatic carbocycles. The number of aromatic hydroxyl groups is 24. The van der Waals surface area contributed by atoms with Crippen LogP contribution < -0.4 is 14.2 Å². The van der Waals surface area contributed by atoms with E-state index < -0.39 is 368 Å². The van der Waals surface area contributed by atoms with E-state index in [9.17, 15) is 167 Å². The van der Waals surface area contributed by atoms with Gasteiger partial charge in [-0.25, -0.2) is 38.4 Å². The molecule has 18 rings (SSSR count). The summed E-state index contributed by atoms with van der Waals surface area (Å²) in [6.45, 7) is -2.54. The summed E-state index contributed by atoms with van der Waals surface area (Å²) in [5.74, 6) is -63.8. The van der Waals surface area contributed by atoms with Crippen LogP contribution in [0.1, 0.15) is 89.8 Å². The van der Waals surface area contributed by atoms with Crippen LogP contribution in [0.15, 0.2) is 72.8 Å². The van der Waals surface area contributed by atoms with Gasteiger partial charge in [-0.1, -0.05) is 0 Å². The number of hydrogen-bond donors (Lipinski definition) is 27. The Morgan fingerprint density at radius 1 is 0.344 bits per heavy atom. The lowest BCUT2D eigenvalue weighted by atomic mass is 9.91. The van der Waals surface area contributed by atoms with Gasteiger partial charge in [-0.15, -0.1) is 0 Å². The van der Waals surface area contributed by atoms with Gasteiger partial charge in [-0.05, 0) is 42.5 Å². The number of hydrogen-bond acceptors (Lipinski definition) is 48. The minimum Gasteiger partial charge on any atom is -0.504 e. The molecule has 9 heterocycles. The average molecular weight is 1750 g/mol. The molecule has 49 nitrogen and oxygen atoms in total. The normalized spacial score (nSPS) is 20.0. The minimum atomic E-state index is -2.98. The van der Waals surface area contributed by atoms with E-state index in [4.69, 9.17) is 61.6 Å². The summed E-state index contributed by atoms with van der Waals surface area (Å²) in [5.41, 5.74) is -15.6. The fourth-order valence-electron chi connectivity index (χ4n) is 13.1. The Hall–Kier alpha value is -17.4. The largest absolute Gasteiger partial charge is 0.504 e. The maximum absolute atomic E-state index is 15.2. The van der Waals surface area contributed by atoms with E-state index in [-0.39, 0.29) is 36.4 Å². The van der Waals surface area contributed by atoms with Crippen molar-refractivity contribution in [3.05, 3.63) is 117 Å². The smallest absolute Gasteiger partial charge is 0.342 e. The zero-order valence-electron chi connectivity index (χ0n) is 61.7. The van der Waals surface area contributed by atoms with Crippen LogP contribution in [0, 0.1) is 0 Å². The summed E-state index contributed by atoms with van der Waals surface area (Å²) in [6, 6.07) is 3.96. The number of ether oxygens (including phenoxy) is 13. The number of aliphatic hydroxyl groups excluding tert-OH is 2. The summed E-state index contributed by atoms with van der Waals surface area (Å²) in [4.78, 5) is 130. The van der Waals surface area contributed by atoms with Gasteiger partial charge in [0.25, 0.3) is 0 Å². The minimum absolute atomic E-state index is 0.150. The highest BCUT2D eigenvalue weighted by Gasteiger charge is 2.56. The number of aliphatic hydroxyl groups is 2. The monoisotopic (exact) mass is 1750 g/mol. The van der Waals surface area contributed by atoms with Crippen LogP contribution in [0.5, 0.6) is 172 Å². The molecule has 125 heavy (non-hydrogen) atoms. The number of carboxylic acid groups (broad SMARTS) is 1. The van der Waals surface area contributed by atoms with Crippen molar-refractivity contribution in [3.63, 3.8) is 0 Å². The van der Waals surface area contributed by atoms with E-state index in [0.29, 0.717) is 43.3 Å². The lowest BCUT2D eigenvalue weighted by molar-refractivity contribution is -0.287. The van der Waals surface area contributed by atoms with Crippen LogP contribution in [0.4, 0.5) is 0 Å². The Bertz CT molecular complexity index is 6100. The first-order valence-electron chi connectivity index (χ1n) is 34.7. The predicted molar refractivity (Wildman–Crippen MR) is 387 cm³/mol. The van der Waals surface area contributed by atoms with Crippen molar-refractivity contribution in [2.75, 3.05) is 13.2 Å². The highest BCUT2D eigenvalue weighted by molar-refractivity contribution is 6.09. The molecule has 0 aromatic heterocycles. The second-order valence-corrected chi connectivity index (χ2v) is 26.8. The zero-order valence-corrected chi connectivity index (χ0v) is 61.7. The second kappa shape index (κ2) is 32.1. The number of fused-ring (bicyclic) bond motifs is 2. The Balaban J connectivity index is 1.03. The molecule has 27 N–H and O–H groups in total. The first kappa shape index (κ1) is 85.5. The van der Waals surface area contributed by atoms with Crippen molar-refractivity contribution in [2.45, 2.75) is 68.3 Å². The number of esters is 8. The number of phenolic OH excluding ortho intramolecular Hbond substituents is 24. The first-order chi connectivity index (χ1) is 58.8. The molecule has 654 valence electrons. The summed E-state index contributed by atoms with van der Waals surface area (Å²) in [5, 5.41) is 301. The standard InChI is InChI=1S/C76H56O49/c1-16(77)115-61-37-14-113-70(106)21-12-35(117-58-23(67(102)103)9-31(83)46(90)55(58)99)50(94)52(96)39(21)19-2-3-34(49(93)42(19)86)116-59-24(10-32(84)47(91)56(59)100)73(109)125-66-64(123-69(105)18-6-28(80)44(88)29(81)7-18)62-38(120-76(66)112)15-114-71(107)22-13-36(51(95)54(98)41(22)40-20(72(108)121-62)8-30(82)45(89)53(40)97)118-60-25(11-33(85)48(92)57(60)101)74(110)124-65(75(111)119-37)63(61)122-68(104)17-4-26(78)43(87)27(79)5-17/h2-13,37-38,61-66,75-76,78-101,111-112H,14-15H2,1H3,(H,102,103)/t37-,38-,61-,62-,63+,64+,65-,66-,75-,76+/m1/s1. The lowest BCUT2D eigenvalue weighted by Gasteiger charge is -2.42. The second-order valence-electron chi connectivity index (χ2n) is 26.8. The van der Waals surface area contributed by atoms with E-state index in [1.165, 1.54) is 0 Å². The maximum atomic E-state index is 15.2. The van der Waals surface area contributed by atoms with Crippen LogP contribution >= 0.6 is 0 Å². The molecule has 9 bridgehead atoms. The van der Waals surface area contributed by atoms with Crippen molar-refractivity contribution < 1.29 is 243 Å². The summed E-state index contributed by atoms with van der Waals surface area (Å²) in [7, 11) is 0. The topological polar surface area (TPSA) is 820 Å². The highest BCUT2D eigenvalue weighted by atomic mass is 16.7. The van der Waals surface area contributed by atoms with Crippen LogP contribution in [-0.4, -0.2) is 266 Å². The number of carbonyl (C=O) groups excluding carboxylic acids is 8. The van der Waals surface area contributed by atoms with Crippen LogP contribution in [0.2, 0.25) is 0 Å². The Kier molecular flexibility index (Phi) is 21.9. The van der Waals surface area contributed by atoms with Crippen molar-refractivity contribution in [2.24, 2.45) is 0 Å². The maximum Gasteiger partial charge on any atom is 0.342 e. The molecule has 2 saturated heterocycles. The number of phenols is 24. The fraction of sp³-hybridized carbons (Fsp3) is 0.171. The number of benzene rings is 9. The lowest BCUT2D eigenvalue weighted by Crippen LogP contribution is -2.62. The van der Waals surface area contributed by atoms with Gasteiger partial charge in [0.15, 0.2) is 164 Å². The van der Waals surface area contributed by atoms with Gasteiger partial charge in [0.2, 0.25) is 57.5 Å². The molecular formula is C76H56O49. The molecule has 49 heteroatoms. The van der Waals surface area contributed by atoms with Gasteiger partial charge < -0.3 is 199 Å². The van der Waals surface area contributed by atoms with Crippen LogP contribution in [-0.2, 0) is 52.2 Å². The number of rotatable bonds is 8. The van der Waals surface area contributed by atoms with E-state index >= 15 is 14.4 Å². The molecule has 10 atom stereocenters. The fourth-order valence-corrected chi connectivity index (χ4v) is 13.1. The van der Waals surface area contributed by atoms with Gasteiger partial charge in [0.1, 0.15) is 42.1 Å². The quantitative estimate of drug-likeness (QED) is 0.0588. The predicted octanol–water partition coefficient (Wildman–Crippen LogP) is 3.46. The zero-order chi connectivity index (χ0) is 91.3. The summed E-state index contributed by atoms with van der Waals surface area (Å²) in [6.07, 6.45) is -27.5. The summed E-state index contributed by atoms with van der Waals surface area (Å²) < 4.78 is 72.6. The molecule has 0 spiro atoms. The Morgan fingerprint density at radius 2 is 0.736 bits per heavy atom. The summed E-state index contributed by atoms with van der Waals surface area (Å²) >= 11 is 0. The Labute approximate surface area is 687 Å². The molecule has 0 radical (unpaired) electrons. The third-order valence-corrected chi connectivity index (χ3v) is 19.1. The number of carboxylic acids is 1. The molecule has 0 saturated carbocycles. The Morgan fingerprint density at radius 3 is 1.25 bits per heavy atom. The van der Waals surface area contributed by atoms with Crippen LogP contribution in [0.25, 0.3) is 22.3 Å². The molecule has 9 aliphatic rings. The van der Waals surface area contributed by atoms with E-state index in [2.05, 4.69) is 0 Å². The molecule has 9 aromatic rings. The molecule has 9 aliphatic heterocycles. The molecule has 2 fully saturated rings. The first-order valence-corrected chi connectivity index (χ1v) is 34.7. The highest BCUT2D eigenvalue weighted by Crippen LogP contribution is 2.59. The van der Waals surface area contributed by atoms with Crippen molar-refractivity contribution in [1.29, 1.82) is 0 Å². The van der Waals surface area contributed by atoms with Gasteiger partial charge in [0, 0.05) is 59.5 Å². The number of aromatic carboxylic acids is 1. The molecule has 0 amide bonds. The molecular weight excluding hydrogens is 1700 g/mol. The average Bonchev–Trinajstić information content (AvgIpc) is 1.64. The van der Waals surface area contributed by atoms with Crippen molar-refractivity contribution in [1.82, 2.24) is 0 Å². The van der Waals surface area contributed by atoms with Crippen LogP contribution in [0.3, 0.4) is 0 Å². The van der Waals surface area contributed by atoms with E-state index in [1.807, 2.05) is 0 Å². The number of carbonyl (C=O) groups is 9. The van der Waals surface area contributed by atoms with E-state index in [1.54, 1.807) is 0 Å². The van der Waals surface area contributed by atoms with Crippen molar-refractivity contribution in [3.8, 4) is 195 Å². The van der Waals surface area contributed by atoms with Gasteiger partial charge in [-0.3, -0.25) is 4.79 Å². The van der Waals surface area contributed by atoms with Crippen molar-refractivity contribution >= 4 is 53.7 Å². The molecule has 0 unspecified atom stereocenters. The van der Waals surface area contributed by atoms with Gasteiger partial charge >= 0.3 is 53.7 Å². The molecule has 0 aliphatic carbocycles. The third-order valence-electron chi connectivity index (χ3n) is 19.1. The van der Waals surface area contributed by atoms with Gasteiger partial charge in [-0.2, -0.15) is 0 Å².